The summed E-state index contributed by atoms with van der Waals surface area (Å²) in [5.74, 6) is 0. The fourth-order valence-corrected chi connectivity index (χ4v) is 2.29. The summed E-state index contributed by atoms with van der Waals surface area (Å²) in [6, 6.07) is 5.43. The normalized spacial score (nSPS) is 12.6. The van der Waals surface area contributed by atoms with Gasteiger partial charge in [-0.05, 0) is 36.6 Å². The molecule has 0 aliphatic carbocycles. The molecule has 0 amide bonds. The van der Waals surface area contributed by atoms with E-state index in [-0.39, 0.29) is 0 Å². The number of halogens is 2. The molecule has 0 saturated heterocycles. The molecular weight excluding hydrogens is 283 g/mol. The van der Waals surface area contributed by atoms with Crippen LogP contribution >= 0.6 is 23.2 Å². The minimum absolute atomic E-state index is 0.452. The maximum Gasteiger partial charge on any atom is 0.0622 e. The molecule has 0 fully saturated rings. The second kappa shape index (κ2) is 6.42. The molecule has 0 aliphatic heterocycles. The Kier molecular flexibility index (Phi) is 4.86. The van der Waals surface area contributed by atoms with Crippen molar-refractivity contribution in [1.82, 2.24) is 9.78 Å². The van der Waals surface area contributed by atoms with Crippen LogP contribution in [0.2, 0.25) is 10.0 Å². The highest BCUT2D eigenvalue weighted by Crippen LogP contribution is 2.23. The topological polar surface area (TPSA) is 38.0 Å². The third-order valence-electron chi connectivity index (χ3n) is 2.94. The number of nitrogens with zero attached hydrogens (tertiary/aromatic N) is 2. The Hall–Kier alpha value is -1.03. The molecular formula is C14H16Cl2N2O. The highest BCUT2D eigenvalue weighted by molar-refractivity contribution is 6.42. The Morgan fingerprint density at radius 3 is 2.58 bits per heavy atom. The molecule has 2 aromatic rings. The number of aromatic nitrogens is 2. The second-order valence-corrected chi connectivity index (χ2v) is 5.33. The van der Waals surface area contributed by atoms with Crippen molar-refractivity contribution in [3.05, 3.63) is 51.8 Å². The molecule has 1 heterocycles. The average Bonchev–Trinajstić information content (AvgIpc) is 2.81. The molecule has 0 radical (unpaired) electrons. The SMILES string of the molecule is CCn1cc(CC(O)Cc2ccc(Cl)c(Cl)c2)cn1. The lowest BCUT2D eigenvalue weighted by Gasteiger charge is -2.10. The fourth-order valence-electron chi connectivity index (χ4n) is 1.97. The molecule has 1 atom stereocenters. The molecule has 1 N–H and O–H groups in total. The van der Waals surface area contributed by atoms with Crippen LogP contribution in [0.4, 0.5) is 0 Å². The van der Waals surface area contributed by atoms with E-state index in [1.165, 1.54) is 0 Å². The monoisotopic (exact) mass is 298 g/mol. The molecule has 2 rings (SSSR count). The number of aliphatic hydroxyl groups excluding tert-OH is 1. The fraction of sp³-hybridized carbons (Fsp3) is 0.357. The first kappa shape index (κ1) is 14.4. The van der Waals surface area contributed by atoms with Gasteiger partial charge in [0.1, 0.15) is 0 Å². The van der Waals surface area contributed by atoms with Crippen molar-refractivity contribution in [1.29, 1.82) is 0 Å². The van der Waals surface area contributed by atoms with Gasteiger partial charge in [0.15, 0.2) is 0 Å². The van der Waals surface area contributed by atoms with E-state index in [0.717, 1.165) is 17.7 Å². The van der Waals surface area contributed by atoms with Crippen molar-refractivity contribution in [2.24, 2.45) is 0 Å². The van der Waals surface area contributed by atoms with Gasteiger partial charge in [-0.2, -0.15) is 5.10 Å². The van der Waals surface area contributed by atoms with E-state index in [9.17, 15) is 5.11 Å². The number of benzene rings is 1. The van der Waals surface area contributed by atoms with Crippen molar-refractivity contribution >= 4 is 23.2 Å². The van der Waals surface area contributed by atoms with Gasteiger partial charge in [0, 0.05) is 19.2 Å². The zero-order valence-electron chi connectivity index (χ0n) is 10.7. The summed E-state index contributed by atoms with van der Waals surface area (Å²) in [7, 11) is 0. The third-order valence-corrected chi connectivity index (χ3v) is 3.68. The summed E-state index contributed by atoms with van der Waals surface area (Å²) in [6.07, 6.45) is 4.43. The zero-order chi connectivity index (χ0) is 13.8. The van der Waals surface area contributed by atoms with Crippen molar-refractivity contribution in [3.8, 4) is 0 Å². The Morgan fingerprint density at radius 2 is 1.95 bits per heavy atom. The van der Waals surface area contributed by atoms with Crippen LogP contribution in [0.25, 0.3) is 0 Å². The second-order valence-electron chi connectivity index (χ2n) is 4.51. The summed E-state index contributed by atoms with van der Waals surface area (Å²) >= 11 is 11.8. The van der Waals surface area contributed by atoms with E-state index in [0.29, 0.717) is 22.9 Å². The van der Waals surface area contributed by atoms with E-state index in [1.54, 1.807) is 18.3 Å². The molecule has 1 unspecified atom stereocenters. The molecule has 3 nitrogen and oxygen atoms in total. The van der Waals surface area contributed by atoms with Crippen LogP contribution in [0.15, 0.2) is 30.6 Å². The van der Waals surface area contributed by atoms with Crippen LogP contribution in [0.1, 0.15) is 18.1 Å². The van der Waals surface area contributed by atoms with Crippen LogP contribution in [0.5, 0.6) is 0 Å². The molecule has 19 heavy (non-hydrogen) atoms. The lowest BCUT2D eigenvalue weighted by atomic mass is 10.0. The van der Waals surface area contributed by atoms with E-state index in [1.807, 2.05) is 23.9 Å². The minimum Gasteiger partial charge on any atom is -0.392 e. The van der Waals surface area contributed by atoms with E-state index in [2.05, 4.69) is 5.10 Å². The highest BCUT2D eigenvalue weighted by Gasteiger charge is 2.09. The summed E-state index contributed by atoms with van der Waals surface area (Å²) in [5, 5.41) is 15.3. The van der Waals surface area contributed by atoms with Crippen molar-refractivity contribution in [3.63, 3.8) is 0 Å². The van der Waals surface area contributed by atoms with Crippen LogP contribution < -0.4 is 0 Å². The summed E-state index contributed by atoms with van der Waals surface area (Å²) in [5.41, 5.74) is 2.01. The minimum atomic E-state index is -0.452. The van der Waals surface area contributed by atoms with Gasteiger partial charge in [-0.25, -0.2) is 0 Å². The Morgan fingerprint density at radius 1 is 1.21 bits per heavy atom. The van der Waals surface area contributed by atoms with Crippen LogP contribution in [0, 0.1) is 0 Å². The first-order valence-corrected chi connectivity index (χ1v) is 6.97. The zero-order valence-corrected chi connectivity index (χ0v) is 12.2. The Balaban J connectivity index is 1.96. The van der Waals surface area contributed by atoms with E-state index >= 15 is 0 Å². The number of hydrogen-bond donors (Lipinski definition) is 1. The highest BCUT2D eigenvalue weighted by atomic mass is 35.5. The average molecular weight is 299 g/mol. The smallest absolute Gasteiger partial charge is 0.0622 e. The predicted octanol–water partition coefficient (Wildman–Crippen LogP) is 3.36. The van der Waals surface area contributed by atoms with Crippen molar-refractivity contribution < 1.29 is 5.11 Å². The molecule has 1 aromatic carbocycles. The van der Waals surface area contributed by atoms with Gasteiger partial charge in [-0.1, -0.05) is 29.3 Å². The largest absolute Gasteiger partial charge is 0.392 e. The van der Waals surface area contributed by atoms with Crippen LogP contribution in [0.3, 0.4) is 0 Å². The predicted molar refractivity (Wildman–Crippen MR) is 77.8 cm³/mol. The Labute approximate surface area is 122 Å². The molecule has 102 valence electrons. The molecule has 1 aromatic heterocycles. The lowest BCUT2D eigenvalue weighted by molar-refractivity contribution is 0.175. The maximum atomic E-state index is 10.1. The summed E-state index contributed by atoms with van der Waals surface area (Å²) in [4.78, 5) is 0. The van der Waals surface area contributed by atoms with Crippen LogP contribution in [-0.4, -0.2) is 21.0 Å². The van der Waals surface area contributed by atoms with E-state index < -0.39 is 6.10 Å². The van der Waals surface area contributed by atoms with Gasteiger partial charge in [-0.15, -0.1) is 0 Å². The summed E-state index contributed by atoms with van der Waals surface area (Å²) < 4.78 is 1.85. The number of hydrogen-bond acceptors (Lipinski definition) is 2. The van der Waals surface area contributed by atoms with Gasteiger partial charge in [0.2, 0.25) is 0 Å². The first-order valence-electron chi connectivity index (χ1n) is 6.21. The number of aryl methyl sites for hydroxylation is 1. The molecule has 0 aliphatic rings. The van der Waals surface area contributed by atoms with Gasteiger partial charge in [-0.3, -0.25) is 4.68 Å². The maximum absolute atomic E-state index is 10.1. The number of aliphatic hydroxyl groups is 1. The van der Waals surface area contributed by atoms with Gasteiger partial charge < -0.3 is 5.11 Å². The van der Waals surface area contributed by atoms with Gasteiger partial charge >= 0.3 is 0 Å². The standard InChI is InChI=1S/C14H16Cl2N2O/c1-2-18-9-11(8-17-18)6-12(19)5-10-3-4-13(15)14(16)7-10/h3-4,7-9,12,19H,2,5-6H2,1H3. The number of rotatable bonds is 5. The lowest BCUT2D eigenvalue weighted by Crippen LogP contribution is -2.13. The molecule has 0 bridgehead atoms. The van der Waals surface area contributed by atoms with E-state index in [4.69, 9.17) is 23.2 Å². The Bertz CT molecular complexity index is 554. The van der Waals surface area contributed by atoms with Crippen molar-refractivity contribution in [2.75, 3.05) is 0 Å². The van der Waals surface area contributed by atoms with Crippen molar-refractivity contribution in [2.45, 2.75) is 32.4 Å². The molecule has 0 spiro atoms. The molecule has 5 heteroatoms. The van der Waals surface area contributed by atoms with Crippen LogP contribution in [-0.2, 0) is 19.4 Å². The molecule has 0 saturated carbocycles. The van der Waals surface area contributed by atoms with Gasteiger partial charge in [0.05, 0.1) is 22.3 Å². The quantitative estimate of drug-likeness (QED) is 0.919. The van der Waals surface area contributed by atoms with Gasteiger partial charge in [0.25, 0.3) is 0 Å². The first-order chi connectivity index (χ1) is 9.08. The third kappa shape index (κ3) is 3.96. The summed E-state index contributed by atoms with van der Waals surface area (Å²) in [6.45, 7) is 2.87.